The number of anilines is 1. The third-order valence-electron chi connectivity index (χ3n) is 3.70. The third kappa shape index (κ3) is 4.49. The second kappa shape index (κ2) is 7.84. The van der Waals surface area contributed by atoms with Crippen LogP contribution in [0.25, 0.3) is 10.2 Å². The smallest absolute Gasteiger partial charge is 0.257 e. The van der Waals surface area contributed by atoms with Crippen LogP contribution in [-0.4, -0.2) is 25.9 Å². The largest absolute Gasteiger partial charge is 0.298 e. The molecule has 27 heavy (non-hydrogen) atoms. The second-order valence-corrected chi connectivity index (χ2v) is 8.58. The van der Waals surface area contributed by atoms with Gasteiger partial charge < -0.3 is 0 Å². The molecule has 2 aromatic carbocycles. The molecule has 0 aliphatic carbocycles. The van der Waals surface area contributed by atoms with Gasteiger partial charge in [-0.25, -0.2) is 18.1 Å². The molecule has 0 spiro atoms. The molecule has 3 rings (SSSR count). The summed E-state index contributed by atoms with van der Waals surface area (Å²) in [6.45, 7) is 1.99. The Labute approximate surface area is 160 Å². The lowest BCUT2D eigenvalue weighted by atomic mass is 10.2. The van der Waals surface area contributed by atoms with Crippen molar-refractivity contribution in [3.05, 3.63) is 53.6 Å². The van der Waals surface area contributed by atoms with Gasteiger partial charge >= 0.3 is 0 Å². The van der Waals surface area contributed by atoms with Crippen LogP contribution in [0.15, 0.2) is 47.4 Å². The van der Waals surface area contributed by atoms with Crippen LogP contribution in [0, 0.1) is 18.3 Å². The number of aryl methyl sites for hydroxylation is 1. The van der Waals surface area contributed by atoms with Crippen LogP contribution >= 0.6 is 11.3 Å². The number of carbonyl (C=O) groups is 1. The number of nitriles is 1. The van der Waals surface area contributed by atoms with Gasteiger partial charge in [-0.15, -0.1) is 0 Å². The molecule has 0 aliphatic rings. The Bertz CT molecular complexity index is 1150. The zero-order valence-corrected chi connectivity index (χ0v) is 16.0. The molecule has 0 fully saturated rings. The second-order valence-electron chi connectivity index (χ2n) is 5.78. The summed E-state index contributed by atoms with van der Waals surface area (Å²) < 4.78 is 27.7. The molecule has 1 heterocycles. The van der Waals surface area contributed by atoms with E-state index in [0.29, 0.717) is 5.13 Å². The summed E-state index contributed by atoms with van der Waals surface area (Å²) in [6.07, 6.45) is 0.0660. The molecular weight excluding hydrogens is 384 g/mol. The van der Waals surface area contributed by atoms with Gasteiger partial charge in [0.2, 0.25) is 10.0 Å². The average Bonchev–Trinajstić information content (AvgIpc) is 3.03. The molecule has 0 radical (unpaired) electrons. The summed E-state index contributed by atoms with van der Waals surface area (Å²) in [6, 6.07) is 13.4. The van der Waals surface area contributed by atoms with Crippen molar-refractivity contribution in [2.75, 3.05) is 11.9 Å². The number of carbonyl (C=O) groups excluding carboxylic acids is 1. The van der Waals surface area contributed by atoms with Crippen LogP contribution in [0.3, 0.4) is 0 Å². The molecule has 138 valence electrons. The first-order chi connectivity index (χ1) is 12.9. The van der Waals surface area contributed by atoms with E-state index in [4.69, 9.17) is 5.26 Å². The minimum absolute atomic E-state index is 0.0143. The minimum atomic E-state index is -3.78. The average molecular weight is 400 g/mol. The van der Waals surface area contributed by atoms with Crippen molar-refractivity contribution in [1.82, 2.24) is 9.71 Å². The summed E-state index contributed by atoms with van der Waals surface area (Å²) in [5.74, 6) is -0.445. The number of benzene rings is 2. The maximum atomic E-state index is 12.5. The Hall–Kier alpha value is -2.80. The van der Waals surface area contributed by atoms with Gasteiger partial charge in [-0.2, -0.15) is 5.26 Å². The van der Waals surface area contributed by atoms with Crippen molar-refractivity contribution < 1.29 is 13.2 Å². The van der Waals surface area contributed by atoms with E-state index in [-0.39, 0.29) is 23.4 Å². The van der Waals surface area contributed by atoms with E-state index >= 15 is 0 Å². The fourth-order valence-electron chi connectivity index (χ4n) is 2.38. The lowest BCUT2D eigenvalue weighted by Crippen LogP contribution is -2.25. The molecular formula is C18H16N4O3S2. The number of aromatic nitrogens is 1. The summed E-state index contributed by atoms with van der Waals surface area (Å²) in [7, 11) is -3.78. The van der Waals surface area contributed by atoms with Gasteiger partial charge in [-0.1, -0.05) is 23.5 Å². The van der Waals surface area contributed by atoms with Crippen molar-refractivity contribution in [1.29, 1.82) is 5.26 Å². The molecule has 0 aliphatic heterocycles. The van der Waals surface area contributed by atoms with Crippen LogP contribution in [0.2, 0.25) is 0 Å². The van der Waals surface area contributed by atoms with Gasteiger partial charge in [0.1, 0.15) is 0 Å². The Morgan fingerprint density at radius 2 is 2.07 bits per heavy atom. The number of amides is 1. The lowest BCUT2D eigenvalue weighted by Gasteiger charge is -2.07. The number of sulfonamides is 1. The van der Waals surface area contributed by atoms with Crippen LogP contribution in [-0.2, 0) is 10.0 Å². The standard InChI is InChI=1S/C18H16N4O3S2/c1-12-6-7-15-16(10-12)26-18(21-15)22-17(23)13-4-2-5-14(11-13)27(24,25)20-9-3-8-19/h2,4-7,10-11,20H,3,9H2,1H3,(H,21,22,23). The molecule has 0 unspecified atom stereocenters. The predicted molar refractivity (Wildman–Crippen MR) is 104 cm³/mol. The number of nitrogens with one attached hydrogen (secondary N) is 2. The van der Waals surface area contributed by atoms with Crippen molar-refractivity contribution in [3.63, 3.8) is 0 Å². The zero-order valence-electron chi connectivity index (χ0n) is 14.4. The Balaban J connectivity index is 1.79. The maximum Gasteiger partial charge on any atom is 0.257 e. The van der Waals surface area contributed by atoms with Gasteiger partial charge in [-0.05, 0) is 42.8 Å². The molecule has 0 atom stereocenters. The molecule has 1 aromatic heterocycles. The molecule has 9 heteroatoms. The third-order valence-corrected chi connectivity index (χ3v) is 6.09. The number of nitrogens with zero attached hydrogens (tertiary/aromatic N) is 2. The first-order valence-electron chi connectivity index (χ1n) is 8.04. The molecule has 1 amide bonds. The highest BCUT2D eigenvalue weighted by atomic mass is 32.2. The van der Waals surface area contributed by atoms with Gasteiger partial charge in [0.25, 0.3) is 5.91 Å². The highest BCUT2D eigenvalue weighted by Crippen LogP contribution is 2.27. The molecule has 2 N–H and O–H groups in total. The molecule has 7 nitrogen and oxygen atoms in total. The number of thiazole rings is 1. The van der Waals surface area contributed by atoms with E-state index in [1.807, 2.05) is 31.2 Å². The van der Waals surface area contributed by atoms with Crippen LogP contribution in [0.5, 0.6) is 0 Å². The van der Waals surface area contributed by atoms with E-state index in [2.05, 4.69) is 15.0 Å². The lowest BCUT2D eigenvalue weighted by molar-refractivity contribution is 0.102. The predicted octanol–water partition coefficient (Wildman–Crippen LogP) is 3.05. The first-order valence-corrected chi connectivity index (χ1v) is 10.3. The Kier molecular flexibility index (Phi) is 5.51. The van der Waals surface area contributed by atoms with E-state index < -0.39 is 15.9 Å². The molecule has 3 aromatic rings. The normalized spacial score (nSPS) is 11.3. The van der Waals surface area contributed by atoms with Gasteiger partial charge in [0, 0.05) is 18.5 Å². The molecule has 0 saturated heterocycles. The summed E-state index contributed by atoms with van der Waals surface area (Å²) in [4.78, 5) is 16.8. The monoisotopic (exact) mass is 400 g/mol. The zero-order chi connectivity index (χ0) is 19.4. The van der Waals surface area contributed by atoms with E-state index in [0.717, 1.165) is 15.8 Å². The SMILES string of the molecule is Cc1ccc2nc(NC(=O)c3cccc(S(=O)(=O)NCCC#N)c3)sc2c1. The highest BCUT2D eigenvalue weighted by molar-refractivity contribution is 7.89. The van der Waals surface area contributed by atoms with Crippen molar-refractivity contribution in [2.24, 2.45) is 0 Å². The highest BCUT2D eigenvalue weighted by Gasteiger charge is 2.16. The fourth-order valence-corrected chi connectivity index (χ4v) is 4.42. The number of hydrogen-bond donors (Lipinski definition) is 2. The van der Waals surface area contributed by atoms with Crippen molar-refractivity contribution in [3.8, 4) is 6.07 Å². The number of hydrogen-bond acceptors (Lipinski definition) is 6. The van der Waals surface area contributed by atoms with Gasteiger partial charge in [0.15, 0.2) is 5.13 Å². The molecule has 0 bridgehead atoms. The van der Waals surface area contributed by atoms with Gasteiger partial charge in [-0.3, -0.25) is 10.1 Å². The number of rotatable bonds is 6. The number of fused-ring (bicyclic) bond motifs is 1. The summed E-state index contributed by atoms with van der Waals surface area (Å²) in [5.41, 5.74) is 2.10. The Morgan fingerprint density at radius 3 is 2.85 bits per heavy atom. The quantitative estimate of drug-likeness (QED) is 0.618. The topological polar surface area (TPSA) is 112 Å². The van der Waals surface area contributed by atoms with Crippen LogP contribution in [0.4, 0.5) is 5.13 Å². The van der Waals surface area contributed by atoms with Crippen LogP contribution < -0.4 is 10.0 Å². The van der Waals surface area contributed by atoms with E-state index in [9.17, 15) is 13.2 Å². The fraction of sp³-hybridized carbons (Fsp3) is 0.167. The van der Waals surface area contributed by atoms with Crippen molar-refractivity contribution >= 4 is 42.6 Å². The van der Waals surface area contributed by atoms with Gasteiger partial charge in [0.05, 0.1) is 21.2 Å². The van der Waals surface area contributed by atoms with E-state index in [1.165, 1.54) is 35.6 Å². The first kappa shape index (κ1) is 19.0. The minimum Gasteiger partial charge on any atom is -0.298 e. The Morgan fingerprint density at radius 1 is 1.26 bits per heavy atom. The van der Waals surface area contributed by atoms with E-state index in [1.54, 1.807) is 0 Å². The van der Waals surface area contributed by atoms with Crippen LogP contribution in [0.1, 0.15) is 22.3 Å². The summed E-state index contributed by atoms with van der Waals surface area (Å²) in [5, 5.41) is 11.7. The van der Waals surface area contributed by atoms with Crippen molar-refractivity contribution in [2.45, 2.75) is 18.2 Å². The maximum absolute atomic E-state index is 12.5. The molecule has 0 saturated carbocycles. The summed E-state index contributed by atoms with van der Waals surface area (Å²) >= 11 is 1.35.